The van der Waals surface area contributed by atoms with Gasteiger partial charge in [-0.15, -0.1) is 0 Å². The minimum absolute atomic E-state index is 0.271. The third-order valence-corrected chi connectivity index (χ3v) is 1.07. The van der Waals surface area contributed by atoms with E-state index >= 15 is 0 Å². The van der Waals surface area contributed by atoms with Gasteiger partial charge >= 0.3 is 0 Å². The first-order chi connectivity index (χ1) is 5.34. The minimum Gasteiger partial charge on any atom is -0.397 e. The molecule has 0 saturated carbocycles. The van der Waals surface area contributed by atoms with Crippen molar-refractivity contribution in [3.8, 4) is 0 Å². The average Bonchev–Trinajstić information content (AvgIpc) is 2.07. The molecule has 0 aliphatic heterocycles. The highest BCUT2D eigenvalue weighted by Crippen LogP contribution is 1.99. The van der Waals surface area contributed by atoms with Crippen LogP contribution < -0.4 is 5.73 Å². The lowest BCUT2D eigenvalue weighted by Crippen LogP contribution is -1.99. The summed E-state index contributed by atoms with van der Waals surface area (Å²) in [4.78, 5) is 17.5. The first-order valence-corrected chi connectivity index (χ1v) is 2.94. The molecule has 1 aromatic heterocycles. The number of aromatic nitrogens is 2. The van der Waals surface area contributed by atoms with Crippen molar-refractivity contribution in [2.24, 2.45) is 5.73 Å². The van der Waals surface area contributed by atoms with Crippen molar-refractivity contribution in [3.05, 3.63) is 30.4 Å². The highest BCUT2D eigenvalue weighted by Gasteiger charge is 1.94. The molecule has 1 rings (SSSR count). The van der Waals surface area contributed by atoms with Crippen molar-refractivity contribution in [1.82, 2.24) is 9.97 Å². The van der Waals surface area contributed by atoms with E-state index in [0.29, 0.717) is 5.69 Å². The number of nitrogens with zero attached hydrogens (tertiary/aromatic N) is 2. The summed E-state index contributed by atoms with van der Waals surface area (Å²) in [5.41, 5.74) is 6.16. The van der Waals surface area contributed by atoms with Gasteiger partial charge in [0.15, 0.2) is 0 Å². The van der Waals surface area contributed by atoms with E-state index in [1.54, 1.807) is 6.29 Å². The number of rotatable bonds is 2. The standard InChI is InChI=1S/C7H6N3O/c8-6(1-4-11)7-5-9-2-3-10-7/h1-3,5H,8H2/b6-1-. The zero-order chi connectivity index (χ0) is 8.10. The zero-order valence-corrected chi connectivity index (χ0v) is 5.69. The van der Waals surface area contributed by atoms with Crippen molar-refractivity contribution >= 4 is 12.0 Å². The van der Waals surface area contributed by atoms with Crippen LogP contribution in [0.1, 0.15) is 5.69 Å². The van der Waals surface area contributed by atoms with Gasteiger partial charge in [-0.05, 0) is 0 Å². The Morgan fingerprint density at radius 3 is 3.00 bits per heavy atom. The molecule has 0 fully saturated rings. The Kier molecular flexibility index (Phi) is 2.32. The first kappa shape index (κ1) is 7.40. The van der Waals surface area contributed by atoms with Gasteiger partial charge in [0.25, 0.3) is 0 Å². The first-order valence-electron chi connectivity index (χ1n) is 2.94. The second kappa shape index (κ2) is 3.46. The van der Waals surface area contributed by atoms with Gasteiger partial charge in [0, 0.05) is 18.5 Å². The van der Waals surface area contributed by atoms with Crippen molar-refractivity contribution in [3.63, 3.8) is 0 Å². The van der Waals surface area contributed by atoms with Gasteiger partial charge in [0.2, 0.25) is 6.29 Å². The maximum atomic E-state index is 9.86. The summed E-state index contributed by atoms with van der Waals surface area (Å²) in [5.74, 6) is 0. The smallest absolute Gasteiger partial charge is 0.227 e. The monoisotopic (exact) mass is 148 g/mol. The van der Waals surface area contributed by atoms with Gasteiger partial charge in [0.05, 0.1) is 11.9 Å². The van der Waals surface area contributed by atoms with E-state index in [1.807, 2.05) is 0 Å². The van der Waals surface area contributed by atoms with Crippen LogP contribution in [0, 0.1) is 0 Å². The average molecular weight is 148 g/mol. The zero-order valence-electron chi connectivity index (χ0n) is 5.69. The van der Waals surface area contributed by atoms with E-state index in [1.165, 1.54) is 18.6 Å². The summed E-state index contributed by atoms with van der Waals surface area (Å²) < 4.78 is 0. The van der Waals surface area contributed by atoms with Crippen LogP contribution in [0.25, 0.3) is 5.70 Å². The molecule has 1 aromatic rings. The van der Waals surface area contributed by atoms with Crippen LogP contribution >= 0.6 is 0 Å². The lowest BCUT2D eigenvalue weighted by molar-refractivity contribution is 0.564. The molecule has 4 nitrogen and oxygen atoms in total. The van der Waals surface area contributed by atoms with Crippen LogP contribution in [-0.4, -0.2) is 16.3 Å². The van der Waals surface area contributed by atoms with Crippen LogP contribution in [0.15, 0.2) is 24.7 Å². The molecule has 1 heterocycles. The molecule has 0 atom stereocenters. The minimum atomic E-state index is 0.271. The van der Waals surface area contributed by atoms with E-state index in [-0.39, 0.29) is 5.70 Å². The molecule has 0 aromatic carbocycles. The van der Waals surface area contributed by atoms with E-state index < -0.39 is 0 Å². The summed E-state index contributed by atoms with van der Waals surface area (Å²) in [6.07, 6.45) is 7.18. The van der Waals surface area contributed by atoms with Crippen LogP contribution in [0.3, 0.4) is 0 Å². The number of allylic oxidation sites excluding steroid dienone is 1. The SMILES string of the molecule is N/C(=C\[C]=O)c1cnccn1. The Bertz CT molecular complexity index is 268. The maximum absolute atomic E-state index is 9.86. The lowest BCUT2D eigenvalue weighted by Gasteiger charge is -1.94. The molecule has 0 bridgehead atoms. The molecule has 0 amide bonds. The van der Waals surface area contributed by atoms with Gasteiger partial charge in [-0.25, -0.2) is 0 Å². The molecule has 0 aliphatic carbocycles. The van der Waals surface area contributed by atoms with Crippen molar-refractivity contribution in [1.29, 1.82) is 0 Å². The Balaban J connectivity index is 2.94. The second-order valence-corrected chi connectivity index (χ2v) is 1.81. The highest BCUT2D eigenvalue weighted by atomic mass is 16.1. The summed E-state index contributed by atoms with van der Waals surface area (Å²) in [6, 6.07) is 0. The highest BCUT2D eigenvalue weighted by molar-refractivity contribution is 5.79. The summed E-state index contributed by atoms with van der Waals surface area (Å²) >= 11 is 0. The largest absolute Gasteiger partial charge is 0.397 e. The third-order valence-electron chi connectivity index (χ3n) is 1.07. The van der Waals surface area contributed by atoms with Gasteiger partial charge < -0.3 is 5.73 Å². The molecule has 0 unspecified atom stereocenters. The Labute approximate surface area is 63.8 Å². The fourth-order valence-electron chi connectivity index (χ4n) is 0.586. The van der Waals surface area contributed by atoms with Crippen LogP contribution in [0.5, 0.6) is 0 Å². The molecule has 4 heteroatoms. The number of hydrogen-bond donors (Lipinski definition) is 1. The second-order valence-electron chi connectivity index (χ2n) is 1.81. The molecular formula is C7H6N3O. The molecule has 1 radical (unpaired) electrons. The Hall–Kier alpha value is -1.71. The quantitative estimate of drug-likeness (QED) is 0.594. The van der Waals surface area contributed by atoms with Crippen molar-refractivity contribution in [2.75, 3.05) is 0 Å². The molecule has 0 saturated heterocycles. The number of carbonyl (C=O) groups excluding carboxylic acids is 1. The topological polar surface area (TPSA) is 68.9 Å². The lowest BCUT2D eigenvalue weighted by atomic mass is 10.3. The molecule has 0 aliphatic rings. The van der Waals surface area contributed by atoms with E-state index in [2.05, 4.69) is 9.97 Å². The molecule has 2 N–H and O–H groups in total. The van der Waals surface area contributed by atoms with E-state index in [9.17, 15) is 4.79 Å². The van der Waals surface area contributed by atoms with E-state index in [4.69, 9.17) is 5.73 Å². The fourth-order valence-corrected chi connectivity index (χ4v) is 0.586. The predicted molar refractivity (Wildman–Crippen MR) is 39.9 cm³/mol. The number of hydrogen-bond acceptors (Lipinski definition) is 4. The van der Waals surface area contributed by atoms with E-state index in [0.717, 1.165) is 6.08 Å². The fraction of sp³-hybridized carbons (Fsp3) is 0. The Morgan fingerprint density at radius 1 is 1.64 bits per heavy atom. The summed E-state index contributed by atoms with van der Waals surface area (Å²) in [5, 5.41) is 0. The van der Waals surface area contributed by atoms with Crippen molar-refractivity contribution < 1.29 is 4.79 Å². The van der Waals surface area contributed by atoms with Gasteiger partial charge in [0.1, 0.15) is 5.69 Å². The van der Waals surface area contributed by atoms with Crippen LogP contribution in [0.4, 0.5) is 0 Å². The van der Waals surface area contributed by atoms with Crippen LogP contribution in [0.2, 0.25) is 0 Å². The van der Waals surface area contributed by atoms with Crippen molar-refractivity contribution in [2.45, 2.75) is 0 Å². The normalized spacial score (nSPS) is 11.1. The van der Waals surface area contributed by atoms with Gasteiger partial charge in [-0.3, -0.25) is 14.8 Å². The maximum Gasteiger partial charge on any atom is 0.227 e. The molecular weight excluding hydrogens is 142 g/mol. The number of nitrogens with two attached hydrogens (primary N) is 1. The summed E-state index contributed by atoms with van der Waals surface area (Å²) in [7, 11) is 0. The van der Waals surface area contributed by atoms with Crippen LogP contribution in [-0.2, 0) is 4.79 Å². The van der Waals surface area contributed by atoms with Gasteiger partial charge in [-0.2, -0.15) is 0 Å². The Morgan fingerprint density at radius 2 is 2.45 bits per heavy atom. The molecule has 55 valence electrons. The predicted octanol–water partition coefficient (Wildman–Crippen LogP) is -0.114. The molecule has 0 spiro atoms. The van der Waals surface area contributed by atoms with Gasteiger partial charge in [-0.1, -0.05) is 0 Å². The molecule has 11 heavy (non-hydrogen) atoms. The summed E-state index contributed by atoms with van der Waals surface area (Å²) in [6.45, 7) is 0. The third kappa shape index (κ3) is 1.86.